The molecule has 0 saturated carbocycles. The van der Waals surface area contributed by atoms with Crippen molar-refractivity contribution in [1.82, 2.24) is 9.97 Å². The van der Waals surface area contributed by atoms with Crippen molar-refractivity contribution in [3.8, 4) is 5.88 Å². The molecule has 0 spiro atoms. The van der Waals surface area contributed by atoms with Gasteiger partial charge in [0.25, 0.3) is 0 Å². The second-order valence-electron chi connectivity index (χ2n) is 4.23. The Balaban J connectivity index is 2.16. The summed E-state index contributed by atoms with van der Waals surface area (Å²) in [6.45, 7) is 0.133. The van der Waals surface area contributed by atoms with Crippen LogP contribution in [0.25, 0.3) is 0 Å². The van der Waals surface area contributed by atoms with E-state index in [9.17, 15) is 15.3 Å². The zero-order valence-corrected chi connectivity index (χ0v) is 14.0. The van der Waals surface area contributed by atoms with Gasteiger partial charge in [0.15, 0.2) is 11.5 Å². The highest BCUT2D eigenvalue weighted by Crippen LogP contribution is 2.53. The fraction of sp³-hybridized carbons (Fsp3) is 0.444. The lowest BCUT2D eigenvalue weighted by atomic mass is 10.1. The zero-order chi connectivity index (χ0) is 15.6. The second kappa shape index (κ2) is 7.05. The fourth-order valence-electron chi connectivity index (χ4n) is 1.69. The van der Waals surface area contributed by atoms with Crippen molar-refractivity contribution in [3.63, 3.8) is 0 Å². The van der Waals surface area contributed by atoms with E-state index in [2.05, 4.69) is 38.1 Å². The van der Waals surface area contributed by atoms with Gasteiger partial charge in [-0.15, -0.1) is 0 Å². The van der Waals surface area contributed by atoms with Crippen LogP contribution in [0.2, 0.25) is 0 Å². The number of aromatic hydroxyl groups is 1. The molecule has 12 heteroatoms. The van der Waals surface area contributed by atoms with Gasteiger partial charge >= 0.3 is 0 Å². The van der Waals surface area contributed by atoms with E-state index < -0.39 is 25.6 Å². The van der Waals surface area contributed by atoms with E-state index in [-0.39, 0.29) is 36.3 Å². The number of nitrogens with zero attached hydrogens (tertiary/aromatic N) is 3. The van der Waals surface area contributed by atoms with Crippen molar-refractivity contribution >= 4 is 48.5 Å². The second-order valence-corrected chi connectivity index (χ2v) is 10.0. The van der Waals surface area contributed by atoms with Gasteiger partial charge < -0.3 is 30.9 Å². The lowest BCUT2D eigenvalue weighted by Gasteiger charge is -2.24. The molecule has 4 atom stereocenters. The molecule has 9 nitrogen and oxygen atoms in total. The van der Waals surface area contributed by atoms with E-state index >= 15 is 0 Å². The first-order valence-electron chi connectivity index (χ1n) is 5.85. The number of hydrogen-bond acceptors (Lipinski definition) is 9. The number of nitrogens with one attached hydrogen (secondary N) is 1. The van der Waals surface area contributed by atoms with Gasteiger partial charge in [-0.3, -0.25) is 0 Å². The molecule has 0 fully saturated rings. The minimum atomic E-state index is -1.23. The van der Waals surface area contributed by atoms with Crippen LogP contribution < -0.4 is 11.1 Å². The van der Waals surface area contributed by atoms with Crippen LogP contribution >= 0.6 is 25.4 Å². The normalized spacial score (nSPS) is 16.9. The van der Waals surface area contributed by atoms with E-state index in [1.54, 1.807) is 0 Å². The van der Waals surface area contributed by atoms with Crippen LogP contribution in [0, 0.1) is 0 Å². The molecule has 0 saturated heterocycles. The molecule has 0 amide bonds. The molecule has 21 heavy (non-hydrogen) atoms. The molecule has 0 aromatic carbocycles. The number of nitrogen functional groups attached to an aromatic ring is 1. The standard InChI is InChI=1S/C9H16N5O4P3/c10-9-13-7-5(8(17)14-9)12-3(1-11-7)6(16)4(15)2-18-21(19)20/h4,6,15-16H,1-2,19-20H2,(H4,10,11,13,14,17). The fourth-order valence-corrected chi connectivity index (χ4v) is 2.53. The van der Waals surface area contributed by atoms with E-state index in [0.29, 0.717) is 0 Å². The first-order chi connectivity index (χ1) is 9.88. The number of nitrogens with two attached hydrogens (primary N) is 1. The van der Waals surface area contributed by atoms with Crippen molar-refractivity contribution in [3.05, 3.63) is 0 Å². The van der Waals surface area contributed by atoms with Gasteiger partial charge in [0.05, 0.1) is 26.4 Å². The highest BCUT2D eigenvalue weighted by molar-refractivity contribution is 8.41. The summed E-state index contributed by atoms with van der Waals surface area (Å²) in [7, 11) is 4.11. The van der Waals surface area contributed by atoms with Crippen LogP contribution in [0.1, 0.15) is 0 Å². The molecule has 2 heterocycles. The monoisotopic (exact) mass is 351 g/mol. The summed E-state index contributed by atoms with van der Waals surface area (Å²) in [4.78, 5) is 11.6. The Morgan fingerprint density at radius 2 is 2.10 bits per heavy atom. The average molecular weight is 351 g/mol. The minimum Gasteiger partial charge on any atom is -0.492 e. The van der Waals surface area contributed by atoms with E-state index in [1.807, 2.05) is 0 Å². The zero-order valence-electron chi connectivity index (χ0n) is 10.8. The predicted octanol–water partition coefficient (Wildman–Crippen LogP) is -0.0221. The molecule has 1 aromatic heterocycles. The summed E-state index contributed by atoms with van der Waals surface area (Å²) in [5, 5.41) is 32.5. The molecule has 6 N–H and O–H groups in total. The molecule has 0 aliphatic carbocycles. The number of rotatable bonds is 5. The molecular weight excluding hydrogens is 335 g/mol. The molecule has 0 bridgehead atoms. The van der Waals surface area contributed by atoms with Gasteiger partial charge in [-0.1, -0.05) is 17.9 Å². The van der Waals surface area contributed by atoms with Gasteiger partial charge in [-0.2, -0.15) is 9.97 Å². The Kier molecular flexibility index (Phi) is 5.60. The predicted molar refractivity (Wildman–Crippen MR) is 88.0 cm³/mol. The Hall–Kier alpha value is -0.680. The number of hydrogen-bond donors (Lipinski definition) is 5. The number of aliphatic imine (C=N–C) groups is 1. The van der Waals surface area contributed by atoms with Crippen LogP contribution in [0.3, 0.4) is 0 Å². The van der Waals surface area contributed by atoms with Crippen LogP contribution in [0.5, 0.6) is 5.88 Å². The van der Waals surface area contributed by atoms with Crippen molar-refractivity contribution in [2.75, 3.05) is 24.2 Å². The van der Waals surface area contributed by atoms with Crippen LogP contribution in [-0.4, -0.2) is 56.4 Å². The largest absolute Gasteiger partial charge is 0.492 e. The number of fused-ring (bicyclic) bond motifs is 1. The van der Waals surface area contributed by atoms with Gasteiger partial charge in [-0.05, 0) is 0 Å². The maximum atomic E-state index is 10.1. The number of aliphatic hydroxyl groups is 2. The molecule has 2 rings (SSSR count). The van der Waals surface area contributed by atoms with Gasteiger partial charge in [-0.25, -0.2) is 4.99 Å². The van der Waals surface area contributed by atoms with Crippen LogP contribution in [0.4, 0.5) is 17.5 Å². The molecule has 4 unspecified atom stereocenters. The Morgan fingerprint density at radius 1 is 1.38 bits per heavy atom. The molecule has 1 aliphatic rings. The summed E-state index contributed by atoms with van der Waals surface area (Å²) >= 11 is 0. The van der Waals surface area contributed by atoms with Crippen molar-refractivity contribution in [2.45, 2.75) is 12.2 Å². The molecule has 0 radical (unpaired) electrons. The quantitative estimate of drug-likeness (QED) is 0.465. The summed E-state index contributed by atoms with van der Waals surface area (Å²) < 4.78 is 5.24. The highest BCUT2D eigenvalue weighted by atomic mass is 32.4. The van der Waals surface area contributed by atoms with Gasteiger partial charge in [0.1, 0.15) is 12.2 Å². The average Bonchev–Trinajstić information content (AvgIpc) is 2.43. The maximum absolute atomic E-state index is 10.1. The Morgan fingerprint density at radius 3 is 2.76 bits per heavy atom. The third-order valence-corrected chi connectivity index (χ3v) is 4.02. The molecule has 1 aromatic rings. The lowest BCUT2D eigenvalue weighted by molar-refractivity contribution is 0.0298. The minimum absolute atomic E-state index is 0.0318. The van der Waals surface area contributed by atoms with E-state index in [1.165, 1.54) is 0 Å². The topological polar surface area (TPSA) is 146 Å². The first-order valence-corrected chi connectivity index (χ1v) is 10.3. The van der Waals surface area contributed by atoms with Crippen LogP contribution in [-0.2, 0) is 4.52 Å². The van der Waals surface area contributed by atoms with Crippen molar-refractivity contribution in [1.29, 1.82) is 0 Å². The maximum Gasteiger partial charge on any atom is 0.244 e. The third-order valence-electron chi connectivity index (χ3n) is 2.68. The Labute approximate surface area is 126 Å². The van der Waals surface area contributed by atoms with E-state index in [4.69, 9.17) is 10.3 Å². The van der Waals surface area contributed by atoms with Gasteiger partial charge in [0, 0.05) is 0 Å². The molecular formula is C9H16N5O4P3. The van der Waals surface area contributed by atoms with Gasteiger partial charge in [0.2, 0.25) is 11.8 Å². The summed E-state index contributed by atoms with van der Waals surface area (Å²) in [5.41, 5.74) is 5.74. The van der Waals surface area contributed by atoms with E-state index in [0.717, 1.165) is 0 Å². The highest BCUT2D eigenvalue weighted by Gasteiger charge is 2.27. The van der Waals surface area contributed by atoms with Crippen molar-refractivity contribution < 1.29 is 19.8 Å². The summed E-state index contributed by atoms with van der Waals surface area (Å²) in [5.74, 6) is -0.195. The Bertz CT molecular complexity index is 558. The number of anilines is 2. The summed E-state index contributed by atoms with van der Waals surface area (Å²) in [6, 6.07) is 0. The molecule has 1 aliphatic heterocycles. The molecule has 116 valence electrons. The number of aliphatic hydroxyl groups excluding tert-OH is 2. The lowest BCUT2D eigenvalue weighted by Crippen LogP contribution is -2.40. The first kappa shape index (κ1) is 16.7. The summed E-state index contributed by atoms with van der Waals surface area (Å²) in [6.07, 6.45) is -2.36. The van der Waals surface area contributed by atoms with Crippen molar-refractivity contribution in [2.24, 2.45) is 4.99 Å². The SMILES string of the molecule is Nc1nc(O)c2c(n1)NCC(C(O)C(O)COP(P)P)=N2. The smallest absolute Gasteiger partial charge is 0.244 e. The van der Waals surface area contributed by atoms with Crippen LogP contribution in [0.15, 0.2) is 4.99 Å². The third kappa shape index (κ3) is 4.16. The number of aromatic nitrogens is 2.